The van der Waals surface area contributed by atoms with Gasteiger partial charge in [0, 0.05) is 5.69 Å². The maximum atomic E-state index is 9.75. The SMILES string of the molecule is CCc1ccccc1NC1CCCC1O. The predicted octanol–water partition coefficient (Wildman–Crippen LogP) is 2.57. The van der Waals surface area contributed by atoms with Gasteiger partial charge in [-0.05, 0) is 37.3 Å². The largest absolute Gasteiger partial charge is 0.391 e. The van der Waals surface area contributed by atoms with E-state index < -0.39 is 0 Å². The summed E-state index contributed by atoms with van der Waals surface area (Å²) in [6, 6.07) is 8.60. The van der Waals surface area contributed by atoms with Crippen molar-refractivity contribution in [2.45, 2.75) is 44.8 Å². The molecule has 2 unspecified atom stereocenters. The van der Waals surface area contributed by atoms with Crippen molar-refractivity contribution in [3.8, 4) is 0 Å². The Bertz CT molecular complexity index is 324. The third-order valence-electron chi connectivity index (χ3n) is 3.22. The topological polar surface area (TPSA) is 32.3 Å². The predicted molar refractivity (Wildman–Crippen MR) is 63.1 cm³/mol. The summed E-state index contributed by atoms with van der Waals surface area (Å²) in [4.78, 5) is 0. The van der Waals surface area contributed by atoms with Gasteiger partial charge in [-0.2, -0.15) is 0 Å². The molecular formula is C13H19NO. The smallest absolute Gasteiger partial charge is 0.0741 e. The first-order chi connectivity index (χ1) is 7.31. The average molecular weight is 205 g/mol. The number of benzene rings is 1. The second-order valence-corrected chi connectivity index (χ2v) is 4.26. The Kier molecular flexibility index (Phi) is 3.27. The normalized spacial score (nSPS) is 25.5. The molecule has 2 atom stereocenters. The van der Waals surface area contributed by atoms with E-state index in [9.17, 15) is 5.11 Å². The summed E-state index contributed by atoms with van der Waals surface area (Å²) < 4.78 is 0. The second kappa shape index (κ2) is 4.67. The third kappa shape index (κ3) is 2.32. The number of para-hydroxylation sites is 1. The number of nitrogens with one attached hydrogen (secondary N) is 1. The van der Waals surface area contributed by atoms with Crippen LogP contribution in [0.3, 0.4) is 0 Å². The molecule has 0 heterocycles. The molecule has 0 aliphatic heterocycles. The van der Waals surface area contributed by atoms with E-state index in [1.807, 2.05) is 6.07 Å². The highest BCUT2D eigenvalue weighted by Crippen LogP contribution is 2.25. The molecule has 1 aliphatic carbocycles. The van der Waals surface area contributed by atoms with E-state index in [0.717, 1.165) is 25.7 Å². The van der Waals surface area contributed by atoms with E-state index in [0.29, 0.717) is 0 Å². The molecule has 2 N–H and O–H groups in total. The Morgan fingerprint density at radius 1 is 1.33 bits per heavy atom. The number of aliphatic hydroxyl groups is 1. The van der Waals surface area contributed by atoms with Crippen LogP contribution in [0.5, 0.6) is 0 Å². The van der Waals surface area contributed by atoms with Crippen LogP contribution in [0.1, 0.15) is 31.7 Å². The summed E-state index contributed by atoms with van der Waals surface area (Å²) in [6.07, 6.45) is 4.01. The molecule has 2 heteroatoms. The number of anilines is 1. The molecule has 82 valence electrons. The molecule has 0 bridgehead atoms. The molecule has 0 amide bonds. The fourth-order valence-corrected chi connectivity index (χ4v) is 2.28. The Morgan fingerprint density at radius 3 is 2.80 bits per heavy atom. The summed E-state index contributed by atoms with van der Waals surface area (Å²) in [5, 5.41) is 13.2. The van der Waals surface area contributed by atoms with Crippen LogP contribution in [-0.2, 0) is 6.42 Å². The Labute approximate surface area is 91.3 Å². The highest BCUT2D eigenvalue weighted by molar-refractivity contribution is 5.52. The summed E-state index contributed by atoms with van der Waals surface area (Å²) in [7, 11) is 0. The minimum absolute atomic E-state index is 0.171. The zero-order valence-corrected chi connectivity index (χ0v) is 9.24. The monoisotopic (exact) mass is 205 g/mol. The van der Waals surface area contributed by atoms with E-state index in [2.05, 4.69) is 30.4 Å². The molecule has 0 aromatic heterocycles. The van der Waals surface area contributed by atoms with Crippen molar-refractivity contribution in [1.82, 2.24) is 0 Å². The lowest BCUT2D eigenvalue weighted by Gasteiger charge is -2.19. The lowest BCUT2D eigenvalue weighted by Crippen LogP contribution is -2.28. The van der Waals surface area contributed by atoms with Crippen LogP contribution < -0.4 is 5.32 Å². The number of hydrogen-bond donors (Lipinski definition) is 2. The van der Waals surface area contributed by atoms with Gasteiger partial charge >= 0.3 is 0 Å². The molecular weight excluding hydrogens is 186 g/mol. The van der Waals surface area contributed by atoms with Crippen molar-refractivity contribution in [2.24, 2.45) is 0 Å². The number of aryl methyl sites for hydroxylation is 1. The summed E-state index contributed by atoms with van der Waals surface area (Å²) >= 11 is 0. The van der Waals surface area contributed by atoms with E-state index in [1.54, 1.807) is 0 Å². The van der Waals surface area contributed by atoms with Crippen molar-refractivity contribution in [2.75, 3.05) is 5.32 Å². The minimum Gasteiger partial charge on any atom is -0.391 e. The van der Waals surface area contributed by atoms with Crippen molar-refractivity contribution in [3.05, 3.63) is 29.8 Å². The van der Waals surface area contributed by atoms with Crippen LogP contribution in [0.4, 0.5) is 5.69 Å². The zero-order chi connectivity index (χ0) is 10.7. The van der Waals surface area contributed by atoms with Gasteiger partial charge in [0.15, 0.2) is 0 Å². The fraction of sp³-hybridized carbons (Fsp3) is 0.538. The van der Waals surface area contributed by atoms with Crippen LogP contribution in [0.25, 0.3) is 0 Å². The molecule has 1 saturated carbocycles. The van der Waals surface area contributed by atoms with Crippen LogP contribution in [0.15, 0.2) is 24.3 Å². The summed E-state index contributed by atoms with van der Waals surface area (Å²) in [5.41, 5.74) is 2.52. The van der Waals surface area contributed by atoms with Crippen LogP contribution in [-0.4, -0.2) is 17.3 Å². The van der Waals surface area contributed by atoms with Gasteiger partial charge in [0.1, 0.15) is 0 Å². The number of hydrogen-bond acceptors (Lipinski definition) is 2. The molecule has 1 aliphatic rings. The first kappa shape index (κ1) is 10.5. The Hall–Kier alpha value is -1.02. The first-order valence-corrected chi connectivity index (χ1v) is 5.83. The standard InChI is InChI=1S/C13H19NO/c1-2-10-6-3-4-7-11(10)14-12-8-5-9-13(12)15/h3-4,6-7,12-15H,2,5,8-9H2,1H3. The molecule has 1 aromatic carbocycles. The number of rotatable bonds is 3. The van der Waals surface area contributed by atoms with Crippen LogP contribution >= 0.6 is 0 Å². The lowest BCUT2D eigenvalue weighted by molar-refractivity contribution is 0.172. The average Bonchev–Trinajstić information content (AvgIpc) is 2.65. The van der Waals surface area contributed by atoms with Gasteiger partial charge in [-0.3, -0.25) is 0 Å². The van der Waals surface area contributed by atoms with E-state index in [-0.39, 0.29) is 12.1 Å². The molecule has 15 heavy (non-hydrogen) atoms. The van der Waals surface area contributed by atoms with Gasteiger partial charge in [0.25, 0.3) is 0 Å². The van der Waals surface area contributed by atoms with Crippen molar-refractivity contribution < 1.29 is 5.11 Å². The summed E-state index contributed by atoms with van der Waals surface area (Å²) in [5.74, 6) is 0. The van der Waals surface area contributed by atoms with Gasteiger partial charge in [0.05, 0.1) is 12.1 Å². The molecule has 2 nitrogen and oxygen atoms in total. The highest BCUT2D eigenvalue weighted by atomic mass is 16.3. The maximum absolute atomic E-state index is 9.75. The van der Waals surface area contributed by atoms with Crippen molar-refractivity contribution >= 4 is 5.69 Å². The van der Waals surface area contributed by atoms with Crippen molar-refractivity contribution in [1.29, 1.82) is 0 Å². The van der Waals surface area contributed by atoms with Gasteiger partial charge in [-0.1, -0.05) is 25.1 Å². The maximum Gasteiger partial charge on any atom is 0.0741 e. The molecule has 1 aromatic rings. The highest BCUT2D eigenvalue weighted by Gasteiger charge is 2.25. The fourth-order valence-electron chi connectivity index (χ4n) is 2.28. The summed E-state index contributed by atoms with van der Waals surface area (Å²) in [6.45, 7) is 2.16. The molecule has 0 radical (unpaired) electrons. The Balaban J connectivity index is 2.09. The lowest BCUT2D eigenvalue weighted by atomic mass is 10.1. The third-order valence-corrected chi connectivity index (χ3v) is 3.22. The number of aliphatic hydroxyl groups excluding tert-OH is 1. The zero-order valence-electron chi connectivity index (χ0n) is 9.24. The second-order valence-electron chi connectivity index (χ2n) is 4.26. The van der Waals surface area contributed by atoms with Gasteiger partial charge in [-0.15, -0.1) is 0 Å². The first-order valence-electron chi connectivity index (χ1n) is 5.83. The van der Waals surface area contributed by atoms with Gasteiger partial charge in [-0.25, -0.2) is 0 Å². The van der Waals surface area contributed by atoms with E-state index in [1.165, 1.54) is 11.3 Å². The van der Waals surface area contributed by atoms with Crippen molar-refractivity contribution in [3.63, 3.8) is 0 Å². The van der Waals surface area contributed by atoms with Crippen LogP contribution in [0, 0.1) is 0 Å². The van der Waals surface area contributed by atoms with Crippen LogP contribution in [0.2, 0.25) is 0 Å². The van der Waals surface area contributed by atoms with E-state index in [4.69, 9.17) is 0 Å². The quantitative estimate of drug-likeness (QED) is 0.795. The Morgan fingerprint density at radius 2 is 2.13 bits per heavy atom. The van der Waals surface area contributed by atoms with E-state index >= 15 is 0 Å². The van der Waals surface area contributed by atoms with Gasteiger partial charge in [0.2, 0.25) is 0 Å². The minimum atomic E-state index is -0.171. The molecule has 0 spiro atoms. The van der Waals surface area contributed by atoms with Gasteiger partial charge < -0.3 is 10.4 Å². The molecule has 2 rings (SSSR count). The molecule has 1 fully saturated rings. The molecule has 0 saturated heterocycles.